The van der Waals surface area contributed by atoms with E-state index < -0.39 is 10.0 Å². The summed E-state index contributed by atoms with van der Waals surface area (Å²) in [6.45, 7) is 0.324. The molecule has 0 amide bonds. The van der Waals surface area contributed by atoms with Crippen LogP contribution in [0, 0.1) is 0 Å². The van der Waals surface area contributed by atoms with Gasteiger partial charge in [0.15, 0.2) is 0 Å². The Morgan fingerprint density at radius 2 is 2.31 bits per heavy atom. The average Bonchev–Trinajstić information content (AvgIpc) is 2.85. The van der Waals surface area contributed by atoms with Crippen LogP contribution < -0.4 is 10.5 Å². The summed E-state index contributed by atoms with van der Waals surface area (Å²) in [6.07, 6.45) is 0. The number of rotatable bonds is 4. The van der Waals surface area contributed by atoms with E-state index in [9.17, 15) is 8.42 Å². The van der Waals surface area contributed by atoms with E-state index in [1.807, 2.05) is 0 Å². The molecule has 0 saturated heterocycles. The Morgan fingerprint density at radius 1 is 1.50 bits per heavy atom. The third-order valence-corrected chi connectivity index (χ3v) is 3.12. The van der Waals surface area contributed by atoms with E-state index in [0.717, 1.165) is 0 Å². The number of nitrogens with zero attached hydrogens (tertiary/aromatic N) is 2. The number of sulfonamides is 1. The zero-order valence-electron chi connectivity index (χ0n) is 7.95. The van der Waals surface area contributed by atoms with Crippen LogP contribution in [0.1, 0.15) is 5.76 Å². The summed E-state index contributed by atoms with van der Waals surface area (Å²) in [5.74, 6) is 0.458. The minimum Gasteiger partial charge on any atom is -0.446 e. The zero-order valence-corrected chi connectivity index (χ0v) is 9.59. The molecule has 0 spiro atoms. The van der Waals surface area contributed by atoms with Gasteiger partial charge in [-0.3, -0.25) is 0 Å². The molecule has 2 rings (SSSR count). The molecule has 0 fully saturated rings. The number of primary sulfonamides is 1. The molecular formula is C7H8N4O3S2. The van der Waals surface area contributed by atoms with E-state index in [4.69, 9.17) is 9.56 Å². The molecule has 86 valence electrons. The van der Waals surface area contributed by atoms with E-state index in [2.05, 4.69) is 15.5 Å². The molecule has 0 aliphatic heterocycles. The van der Waals surface area contributed by atoms with Crippen molar-refractivity contribution in [3.05, 3.63) is 23.4 Å². The number of hydrogen-bond acceptors (Lipinski definition) is 7. The fraction of sp³-hybridized carbons (Fsp3) is 0.143. The number of nitrogens with one attached hydrogen (secondary N) is 1. The van der Waals surface area contributed by atoms with Crippen molar-refractivity contribution in [3.63, 3.8) is 0 Å². The lowest BCUT2D eigenvalue weighted by Crippen LogP contribution is -2.10. The number of anilines is 1. The lowest BCUT2D eigenvalue weighted by Gasteiger charge is -1.97. The van der Waals surface area contributed by atoms with E-state index >= 15 is 0 Å². The van der Waals surface area contributed by atoms with Crippen molar-refractivity contribution in [1.82, 2.24) is 10.2 Å². The first-order valence-corrected chi connectivity index (χ1v) is 6.60. The third-order valence-electron chi connectivity index (χ3n) is 1.69. The molecule has 2 heterocycles. The quantitative estimate of drug-likeness (QED) is 0.822. The van der Waals surface area contributed by atoms with Gasteiger partial charge >= 0.3 is 0 Å². The Bertz CT molecular complexity index is 560. The first-order valence-electron chi connectivity index (χ1n) is 4.17. The highest BCUT2D eigenvalue weighted by atomic mass is 32.2. The largest absolute Gasteiger partial charge is 0.446 e. The van der Waals surface area contributed by atoms with Crippen LogP contribution >= 0.6 is 11.3 Å². The van der Waals surface area contributed by atoms with Crippen molar-refractivity contribution in [2.24, 2.45) is 5.14 Å². The molecular weight excluding hydrogens is 252 g/mol. The first kappa shape index (κ1) is 11.0. The van der Waals surface area contributed by atoms with E-state index in [0.29, 0.717) is 17.4 Å². The minimum atomic E-state index is -3.77. The molecule has 2 aromatic heterocycles. The summed E-state index contributed by atoms with van der Waals surface area (Å²) in [5, 5.41) is 15.6. The second kappa shape index (κ2) is 4.20. The molecule has 0 atom stereocenters. The second-order valence-electron chi connectivity index (χ2n) is 2.86. The van der Waals surface area contributed by atoms with Crippen molar-refractivity contribution in [2.45, 2.75) is 11.6 Å². The highest BCUT2D eigenvalue weighted by Crippen LogP contribution is 2.14. The summed E-state index contributed by atoms with van der Waals surface area (Å²) in [6, 6.07) is 2.85. The summed E-state index contributed by atoms with van der Waals surface area (Å²) >= 11 is 1.34. The molecule has 0 bridgehead atoms. The first-order chi connectivity index (χ1) is 7.55. The Hall–Kier alpha value is -1.45. The summed E-state index contributed by atoms with van der Waals surface area (Å²) in [4.78, 5) is 0. The number of hydrogen-bond donors (Lipinski definition) is 2. The van der Waals surface area contributed by atoms with Crippen LogP contribution in [0.15, 0.2) is 27.2 Å². The molecule has 7 nitrogen and oxygen atoms in total. The van der Waals surface area contributed by atoms with Crippen molar-refractivity contribution in [2.75, 3.05) is 5.32 Å². The van der Waals surface area contributed by atoms with Gasteiger partial charge in [-0.1, -0.05) is 11.3 Å². The van der Waals surface area contributed by atoms with Gasteiger partial charge in [0.1, 0.15) is 11.3 Å². The molecule has 0 aromatic carbocycles. The lowest BCUT2D eigenvalue weighted by molar-refractivity contribution is 0.419. The Balaban J connectivity index is 2.04. The molecule has 0 saturated carbocycles. The summed E-state index contributed by atoms with van der Waals surface area (Å²) in [5.41, 5.74) is 1.58. The standard InChI is InChI=1S/C7H8N4O3S2/c8-16(12,13)6-2-1-5(14-6)3-9-7-11-10-4-15-7/h1-2,4H,3H2,(H,9,11)(H2,8,12,13). The van der Waals surface area contributed by atoms with E-state index in [-0.39, 0.29) is 5.09 Å². The normalized spacial score (nSPS) is 11.6. The number of nitrogens with two attached hydrogens (primary N) is 1. The van der Waals surface area contributed by atoms with Crippen LogP contribution in [-0.2, 0) is 16.6 Å². The molecule has 0 aliphatic rings. The lowest BCUT2D eigenvalue weighted by atomic mass is 10.4. The van der Waals surface area contributed by atoms with Crippen molar-refractivity contribution < 1.29 is 12.8 Å². The second-order valence-corrected chi connectivity index (χ2v) is 5.19. The predicted molar refractivity (Wildman–Crippen MR) is 57.3 cm³/mol. The van der Waals surface area contributed by atoms with Gasteiger partial charge in [-0.25, -0.2) is 13.6 Å². The molecule has 3 N–H and O–H groups in total. The minimum absolute atomic E-state index is 0.249. The highest BCUT2D eigenvalue weighted by Gasteiger charge is 2.13. The number of aromatic nitrogens is 2. The highest BCUT2D eigenvalue weighted by molar-refractivity contribution is 7.89. The topological polar surface area (TPSA) is 111 Å². The molecule has 16 heavy (non-hydrogen) atoms. The van der Waals surface area contributed by atoms with Gasteiger partial charge in [-0.15, -0.1) is 10.2 Å². The Labute approximate surface area is 95.3 Å². The van der Waals surface area contributed by atoms with Gasteiger partial charge < -0.3 is 9.73 Å². The Morgan fingerprint density at radius 3 is 2.88 bits per heavy atom. The van der Waals surface area contributed by atoms with E-state index in [1.165, 1.54) is 23.5 Å². The van der Waals surface area contributed by atoms with Crippen LogP contribution in [0.4, 0.5) is 5.13 Å². The smallest absolute Gasteiger partial charge is 0.271 e. The van der Waals surface area contributed by atoms with Gasteiger partial charge in [-0.05, 0) is 12.1 Å². The molecule has 9 heteroatoms. The average molecular weight is 260 g/mol. The fourth-order valence-electron chi connectivity index (χ4n) is 1.02. The van der Waals surface area contributed by atoms with Crippen molar-refractivity contribution >= 4 is 26.5 Å². The predicted octanol–water partition coefficient (Wildman–Crippen LogP) is 0.391. The molecule has 0 radical (unpaired) electrons. The van der Waals surface area contributed by atoms with E-state index in [1.54, 1.807) is 5.51 Å². The summed E-state index contributed by atoms with van der Waals surface area (Å²) in [7, 11) is -3.77. The van der Waals surface area contributed by atoms with Crippen molar-refractivity contribution in [1.29, 1.82) is 0 Å². The third kappa shape index (κ3) is 2.56. The van der Waals surface area contributed by atoms with Crippen LogP contribution in [0.25, 0.3) is 0 Å². The van der Waals surface area contributed by atoms with Crippen molar-refractivity contribution in [3.8, 4) is 0 Å². The number of furan rings is 1. The van der Waals surface area contributed by atoms with Gasteiger partial charge in [0, 0.05) is 0 Å². The molecule has 0 unspecified atom stereocenters. The van der Waals surface area contributed by atoms with Gasteiger partial charge in [0.05, 0.1) is 6.54 Å². The van der Waals surface area contributed by atoms with Crippen LogP contribution in [-0.4, -0.2) is 18.6 Å². The maximum Gasteiger partial charge on any atom is 0.271 e. The summed E-state index contributed by atoms with van der Waals surface area (Å²) < 4.78 is 26.9. The van der Waals surface area contributed by atoms with Crippen LogP contribution in [0.2, 0.25) is 0 Å². The molecule has 2 aromatic rings. The monoisotopic (exact) mass is 260 g/mol. The van der Waals surface area contributed by atoms with Gasteiger partial charge in [0.2, 0.25) is 10.2 Å². The zero-order chi connectivity index (χ0) is 11.6. The maximum absolute atomic E-state index is 10.9. The van der Waals surface area contributed by atoms with Crippen LogP contribution in [0.3, 0.4) is 0 Å². The SMILES string of the molecule is NS(=O)(=O)c1ccc(CNc2nncs2)o1. The maximum atomic E-state index is 10.9. The molecule has 0 aliphatic carbocycles. The fourth-order valence-corrected chi connectivity index (χ4v) is 1.94. The van der Waals surface area contributed by atoms with Gasteiger partial charge in [0.25, 0.3) is 10.0 Å². The van der Waals surface area contributed by atoms with Gasteiger partial charge in [-0.2, -0.15) is 0 Å². The van der Waals surface area contributed by atoms with Crippen LogP contribution in [0.5, 0.6) is 0 Å². The Kier molecular flexibility index (Phi) is 2.90.